The lowest BCUT2D eigenvalue weighted by molar-refractivity contribution is 0.267. The van der Waals surface area contributed by atoms with Crippen molar-refractivity contribution in [3.05, 3.63) is 80.1 Å². The minimum Gasteiger partial charge on any atom is -0.365 e. The fourth-order valence-corrected chi connectivity index (χ4v) is 5.73. The maximum Gasteiger partial charge on any atom is 0.123 e. The van der Waals surface area contributed by atoms with E-state index in [1.807, 2.05) is 29.7 Å². The lowest BCUT2D eigenvalue weighted by atomic mass is 9.98. The molecule has 34 heavy (non-hydrogen) atoms. The van der Waals surface area contributed by atoms with Crippen LogP contribution in [-0.4, -0.2) is 40.5 Å². The average molecular weight is 499 g/mol. The fraction of sp³-hybridized carbons (Fsp3) is 0.407. The molecule has 1 saturated heterocycles. The van der Waals surface area contributed by atoms with Crippen LogP contribution in [-0.2, 0) is 18.3 Å². The van der Waals surface area contributed by atoms with Crippen molar-refractivity contribution in [2.24, 2.45) is 0 Å². The minimum absolute atomic E-state index is 0. The number of aryl methyl sites for hydroxylation is 1. The summed E-state index contributed by atoms with van der Waals surface area (Å²) in [5.41, 5.74) is 3.34. The van der Waals surface area contributed by atoms with Crippen molar-refractivity contribution in [2.45, 2.75) is 51.5 Å². The zero-order chi connectivity index (χ0) is 23.0. The predicted molar refractivity (Wildman–Crippen MR) is 140 cm³/mol. The second kappa shape index (κ2) is 10.1. The molecular weight excluding hydrogens is 467 g/mol. The van der Waals surface area contributed by atoms with Gasteiger partial charge in [-0.15, -0.1) is 23.7 Å². The van der Waals surface area contributed by atoms with Gasteiger partial charge in [0.05, 0.1) is 16.1 Å². The summed E-state index contributed by atoms with van der Waals surface area (Å²) in [5.74, 6) is -0.163. The van der Waals surface area contributed by atoms with Gasteiger partial charge in [-0.2, -0.15) is 0 Å². The Morgan fingerprint density at radius 3 is 2.85 bits per heavy atom. The van der Waals surface area contributed by atoms with Gasteiger partial charge in [-0.3, -0.25) is 4.98 Å². The van der Waals surface area contributed by atoms with Crippen LogP contribution in [0.4, 0.5) is 4.39 Å². The Kier molecular flexibility index (Phi) is 7.41. The molecule has 1 N–H and O–H groups in total. The number of thiazole rings is 1. The molecule has 2 aromatic heterocycles. The molecule has 5 rings (SSSR count). The van der Waals surface area contributed by atoms with Crippen LogP contribution in [0.2, 0.25) is 0 Å². The molecule has 0 saturated carbocycles. The molecule has 1 unspecified atom stereocenters. The Balaban J connectivity index is 0.00000274. The van der Waals surface area contributed by atoms with Crippen molar-refractivity contribution in [3.8, 4) is 0 Å². The first-order chi connectivity index (χ1) is 15.9. The number of rotatable bonds is 4. The van der Waals surface area contributed by atoms with Crippen LogP contribution < -0.4 is 15.9 Å². The van der Waals surface area contributed by atoms with Gasteiger partial charge in [-0.1, -0.05) is 45.0 Å². The smallest absolute Gasteiger partial charge is 0.123 e. The molecule has 0 bridgehead atoms. The summed E-state index contributed by atoms with van der Waals surface area (Å²) in [6, 6.07) is 11.5. The van der Waals surface area contributed by atoms with Crippen molar-refractivity contribution >= 4 is 35.5 Å². The van der Waals surface area contributed by atoms with Gasteiger partial charge in [0, 0.05) is 48.6 Å². The summed E-state index contributed by atoms with van der Waals surface area (Å²) < 4.78 is 13.6. The summed E-state index contributed by atoms with van der Waals surface area (Å²) in [5, 5.41) is 7.07. The highest BCUT2D eigenvalue weighted by Gasteiger charge is 2.29. The molecule has 3 aromatic rings. The van der Waals surface area contributed by atoms with Gasteiger partial charge in [0.25, 0.3) is 0 Å². The zero-order valence-corrected chi connectivity index (χ0v) is 21.6. The van der Waals surface area contributed by atoms with Crippen LogP contribution in [0.1, 0.15) is 48.3 Å². The van der Waals surface area contributed by atoms with Crippen LogP contribution in [0, 0.1) is 5.82 Å². The fourth-order valence-electron chi connectivity index (χ4n) is 4.65. The number of halogens is 2. The van der Waals surface area contributed by atoms with E-state index in [9.17, 15) is 4.39 Å². The second-order valence-corrected chi connectivity index (χ2v) is 11.1. The molecule has 4 nitrogen and oxygen atoms in total. The number of aromatic nitrogens is 2. The SMILES string of the molecule is CC(C)(C)c1nc2c(s1)CC=c1cccnc1=C2N1CCNC(CCc2cccc(F)c2)C1.Cl. The van der Waals surface area contributed by atoms with E-state index in [4.69, 9.17) is 9.97 Å². The molecule has 2 aliphatic rings. The molecule has 7 heteroatoms. The Morgan fingerprint density at radius 1 is 1.21 bits per heavy atom. The highest BCUT2D eigenvalue weighted by molar-refractivity contribution is 7.12. The number of nitrogens with zero attached hydrogens (tertiary/aromatic N) is 3. The van der Waals surface area contributed by atoms with Crippen molar-refractivity contribution in [1.82, 2.24) is 20.2 Å². The van der Waals surface area contributed by atoms with E-state index in [1.165, 1.54) is 26.9 Å². The molecule has 0 amide bonds. The Morgan fingerprint density at radius 2 is 2.06 bits per heavy atom. The van der Waals surface area contributed by atoms with Crippen molar-refractivity contribution in [2.75, 3.05) is 19.6 Å². The first-order valence-corrected chi connectivity index (χ1v) is 12.6. The maximum atomic E-state index is 13.6. The topological polar surface area (TPSA) is 41.1 Å². The number of fused-ring (bicyclic) bond motifs is 2. The van der Waals surface area contributed by atoms with Gasteiger partial charge >= 0.3 is 0 Å². The first-order valence-electron chi connectivity index (χ1n) is 11.8. The summed E-state index contributed by atoms with van der Waals surface area (Å²) >= 11 is 1.83. The lowest BCUT2D eigenvalue weighted by Gasteiger charge is -2.36. The van der Waals surface area contributed by atoms with Crippen LogP contribution in [0.5, 0.6) is 0 Å². The number of hydrogen-bond donors (Lipinski definition) is 1. The third kappa shape index (κ3) is 5.19. The van der Waals surface area contributed by atoms with E-state index < -0.39 is 0 Å². The molecule has 1 fully saturated rings. The van der Waals surface area contributed by atoms with E-state index in [-0.39, 0.29) is 23.6 Å². The Hall–Kier alpha value is -2.28. The van der Waals surface area contributed by atoms with Crippen LogP contribution >= 0.6 is 23.7 Å². The van der Waals surface area contributed by atoms with Crippen molar-refractivity contribution in [3.63, 3.8) is 0 Å². The van der Waals surface area contributed by atoms with Crippen molar-refractivity contribution in [1.29, 1.82) is 0 Å². The van der Waals surface area contributed by atoms with Gasteiger partial charge in [0.15, 0.2) is 0 Å². The molecule has 1 aromatic carbocycles. The molecule has 1 atom stereocenters. The second-order valence-electron chi connectivity index (χ2n) is 10.0. The minimum atomic E-state index is -0.163. The summed E-state index contributed by atoms with van der Waals surface area (Å²) in [7, 11) is 0. The van der Waals surface area contributed by atoms with Crippen molar-refractivity contribution < 1.29 is 4.39 Å². The number of nitrogens with one attached hydrogen (secondary N) is 1. The normalized spacial score (nSPS) is 17.8. The zero-order valence-electron chi connectivity index (χ0n) is 20.0. The molecule has 3 heterocycles. The highest BCUT2D eigenvalue weighted by atomic mass is 35.5. The molecule has 180 valence electrons. The Labute approximate surface area is 211 Å². The van der Waals surface area contributed by atoms with E-state index >= 15 is 0 Å². The highest BCUT2D eigenvalue weighted by Crippen LogP contribution is 2.34. The summed E-state index contributed by atoms with van der Waals surface area (Å²) in [6.07, 6.45) is 6.89. The van der Waals surface area contributed by atoms with E-state index in [0.29, 0.717) is 6.04 Å². The number of piperazine rings is 1. The maximum absolute atomic E-state index is 13.6. The van der Waals surface area contributed by atoms with Gasteiger partial charge in [0.2, 0.25) is 0 Å². The quantitative estimate of drug-likeness (QED) is 0.594. The summed E-state index contributed by atoms with van der Waals surface area (Å²) in [4.78, 5) is 13.8. The van der Waals surface area contributed by atoms with E-state index in [1.54, 1.807) is 12.1 Å². The van der Waals surface area contributed by atoms with Crippen LogP contribution in [0.15, 0.2) is 42.6 Å². The van der Waals surface area contributed by atoms with Crippen LogP contribution in [0.25, 0.3) is 11.8 Å². The third-order valence-electron chi connectivity index (χ3n) is 6.38. The van der Waals surface area contributed by atoms with Gasteiger partial charge < -0.3 is 10.2 Å². The molecule has 0 spiro atoms. The van der Waals surface area contributed by atoms with Gasteiger partial charge in [-0.05, 0) is 41.8 Å². The van der Waals surface area contributed by atoms with E-state index in [2.05, 4.69) is 43.1 Å². The average Bonchev–Trinajstić information content (AvgIpc) is 3.16. The largest absolute Gasteiger partial charge is 0.365 e. The van der Waals surface area contributed by atoms with Gasteiger partial charge in [0.1, 0.15) is 11.5 Å². The van der Waals surface area contributed by atoms with E-state index in [0.717, 1.165) is 55.5 Å². The molecular formula is C27H32ClFN4S. The number of hydrogen-bond acceptors (Lipinski definition) is 5. The third-order valence-corrected chi connectivity index (χ3v) is 7.88. The van der Waals surface area contributed by atoms with Crippen LogP contribution in [0.3, 0.4) is 0 Å². The standard InChI is InChI=1S/C27H31FN4S.ClH/c1-27(2,3)26-31-24-22(33-26)12-10-19-7-5-13-30-23(19)25(24)32-15-14-29-21(17-32)11-9-18-6-4-8-20(28)16-18;/h4-8,10,13,16,21,29H,9,11-12,14-15,17H2,1-3H3;1H. The Bertz CT molecular complexity index is 1280. The molecule has 1 aliphatic heterocycles. The number of benzene rings is 1. The summed E-state index contributed by atoms with van der Waals surface area (Å²) in [6.45, 7) is 9.41. The molecule has 0 radical (unpaired) electrons. The number of pyridine rings is 1. The monoisotopic (exact) mass is 498 g/mol. The van der Waals surface area contributed by atoms with Gasteiger partial charge in [-0.25, -0.2) is 9.37 Å². The predicted octanol–water partition coefficient (Wildman–Crippen LogP) is 3.80. The lowest BCUT2D eigenvalue weighted by Crippen LogP contribution is -2.52. The first kappa shape index (κ1) is 24.8. The molecule has 1 aliphatic carbocycles.